The molecule has 0 N–H and O–H groups in total. The van der Waals surface area contributed by atoms with Gasteiger partial charge in [-0.05, 0) is 37.1 Å². The number of benzene rings is 1. The number of ether oxygens (including phenoxy) is 2. The van der Waals surface area contributed by atoms with Gasteiger partial charge in [0.1, 0.15) is 11.5 Å². The summed E-state index contributed by atoms with van der Waals surface area (Å²) in [6, 6.07) is 5.69. The number of hydrogen-bond donors (Lipinski definition) is 0. The second kappa shape index (κ2) is 5.13. The fraction of sp³-hybridized carbons (Fsp3) is 0.625. The Hall–Kier alpha value is -1.36. The van der Waals surface area contributed by atoms with Gasteiger partial charge in [-0.25, -0.2) is 8.78 Å². The van der Waals surface area contributed by atoms with E-state index in [2.05, 4.69) is 4.90 Å². The van der Waals surface area contributed by atoms with Crippen molar-refractivity contribution in [2.24, 2.45) is 5.41 Å². The first-order valence-corrected chi connectivity index (χ1v) is 7.30. The van der Waals surface area contributed by atoms with Gasteiger partial charge in [0, 0.05) is 25.6 Å². The molecule has 1 aliphatic heterocycles. The summed E-state index contributed by atoms with van der Waals surface area (Å²) in [6.07, 6.45) is 1.55. The molecule has 2 aliphatic rings. The van der Waals surface area contributed by atoms with Crippen molar-refractivity contribution < 1.29 is 18.3 Å². The van der Waals surface area contributed by atoms with Crippen molar-refractivity contribution in [3.8, 4) is 11.5 Å². The summed E-state index contributed by atoms with van der Waals surface area (Å²) in [7, 11) is 3.22. The molecule has 21 heavy (non-hydrogen) atoms. The molecule has 0 aromatic heterocycles. The van der Waals surface area contributed by atoms with E-state index >= 15 is 0 Å². The van der Waals surface area contributed by atoms with Crippen LogP contribution in [0.3, 0.4) is 0 Å². The number of hydrogen-bond acceptors (Lipinski definition) is 3. The molecular weight excluding hydrogens is 276 g/mol. The molecular formula is C16H21F2NO2. The van der Waals surface area contributed by atoms with Crippen LogP contribution >= 0.6 is 0 Å². The average Bonchev–Trinajstić information content (AvgIpc) is 2.97. The Morgan fingerprint density at radius 1 is 1.14 bits per heavy atom. The number of rotatable bonds is 4. The van der Waals surface area contributed by atoms with Gasteiger partial charge >= 0.3 is 0 Å². The van der Waals surface area contributed by atoms with Crippen LogP contribution in [0, 0.1) is 5.41 Å². The normalized spacial score (nSPS) is 27.6. The average molecular weight is 297 g/mol. The van der Waals surface area contributed by atoms with Crippen molar-refractivity contribution in [3.05, 3.63) is 23.8 Å². The Morgan fingerprint density at radius 2 is 1.76 bits per heavy atom. The van der Waals surface area contributed by atoms with Crippen LogP contribution in [-0.2, 0) is 6.54 Å². The topological polar surface area (TPSA) is 21.7 Å². The zero-order valence-corrected chi connectivity index (χ0v) is 12.5. The standard InChI is InChI=1S/C16H21F2NO2/c1-20-13-6-12(7-14(8-13)21-2)9-19-5-3-4-15(11-19)10-16(15,17)18/h6-8H,3-5,9-11H2,1-2H3. The van der Waals surface area contributed by atoms with E-state index in [1.807, 2.05) is 18.2 Å². The molecule has 3 nitrogen and oxygen atoms in total. The maximum Gasteiger partial charge on any atom is 0.255 e. The molecule has 2 fully saturated rings. The number of likely N-dealkylation sites (tertiary alicyclic amines) is 1. The summed E-state index contributed by atoms with van der Waals surface area (Å²) in [6.45, 7) is 2.02. The minimum atomic E-state index is -2.46. The molecule has 3 rings (SSSR count). The lowest BCUT2D eigenvalue weighted by Crippen LogP contribution is -2.38. The smallest absolute Gasteiger partial charge is 0.255 e. The van der Waals surface area contributed by atoms with Crippen LogP contribution in [-0.4, -0.2) is 38.1 Å². The van der Waals surface area contributed by atoms with Crippen LogP contribution in [0.4, 0.5) is 8.78 Å². The SMILES string of the molecule is COc1cc(CN2CCCC3(C2)CC3(F)F)cc(OC)c1. The summed E-state index contributed by atoms with van der Waals surface area (Å²) in [4.78, 5) is 2.12. The van der Waals surface area contributed by atoms with Gasteiger partial charge in [-0.15, -0.1) is 0 Å². The predicted molar refractivity (Wildman–Crippen MR) is 76.1 cm³/mol. The van der Waals surface area contributed by atoms with Crippen LogP contribution in [0.5, 0.6) is 11.5 Å². The first-order chi connectivity index (χ1) is 9.98. The molecule has 1 aliphatic carbocycles. The largest absolute Gasteiger partial charge is 0.497 e. The first-order valence-electron chi connectivity index (χ1n) is 7.30. The molecule has 0 radical (unpaired) electrons. The van der Waals surface area contributed by atoms with E-state index in [9.17, 15) is 8.78 Å². The summed E-state index contributed by atoms with van der Waals surface area (Å²) in [5.74, 6) is -1.00. The van der Waals surface area contributed by atoms with E-state index in [-0.39, 0.29) is 6.42 Å². The zero-order chi connectivity index (χ0) is 15.1. The highest BCUT2D eigenvalue weighted by Crippen LogP contribution is 2.64. The molecule has 1 saturated heterocycles. The number of halogens is 2. The Morgan fingerprint density at radius 3 is 2.29 bits per heavy atom. The number of alkyl halides is 2. The first kappa shape index (κ1) is 14.6. The van der Waals surface area contributed by atoms with Gasteiger partial charge in [0.15, 0.2) is 0 Å². The van der Waals surface area contributed by atoms with E-state index in [1.165, 1.54) is 0 Å². The Kier molecular flexibility index (Phi) is 3.56. The number of methoxy groups -OCH3 is 2. The fourth-order valence-corrected chi connectivity index (χ4v) is 3.40. The van der Waals surface area contributed by atoms with E-state index < -0.39 is 11.3 Å². The molecule has 1 aromatic rings. The predicted octanol–water partition coefficient (Wildman–Crippen LogP) is 3.33. The second-order valence-electron chi connectivity index (χ2n) is 6.20. The van der Waals surface area contributed by atoms with Crippen molar-refractivity contribution in [3.63, 3.8) is 0 Å². The second-order valence-corrected chi connectivity index (χ2v) is 6.20. The molecule has 0 bridgehead atoms. The number of nitrogens with zero attached hydrogens (tertiary/aromatic N) is 1. The molecule has 1 unspecified atom stereocenters. The lowest BCUT2D eigenvalue weighted by atomic mass is 9.94. The molecule has 116 valence electrons. The van der Waals surface area contributed by atoms with Crippen LogP contribution in [0.15, 0.2) is 18.2 Å². The van der Waals surface area contributed by atoms with E-state index in [0.29, 0.717) is 19.5 Å². The molecule has 1 atom stereocenters. The monoisotopic (exact) mass is 297 g/mol. The van der Waals surface area contributed by atoms with Crippen molar-refractivity contribution in [1.82, 2.24) is 4.90 Å². The van der Waals surface area contributed by atoms with Crippen molar-refractivity contribution in [1.29, 1.82) is 0 Å². The van der Waals surface area contributed by atoms with Crippen LogP contribution in [0.2, 0.25) is 0 Å². The van der Waals surface area contributed by atoms with Gasteiger partial charge in [0.2, 0.25) is 0 Å². The van der Waals surface area contributed by atoms with E-state index in [1.54, 1.807) is 14.2 Å². The van der Waals surface area contributed by atoms with Crippen LogP contribution < -0.4 is 9.47 Å². The molecule has 0 amide bonds. The van der Waals surface area contributed by atoms with Gasteiger partial charge in [-0.2, -0.15) is 0 Å². The molecule has 1 aromatic carbocycles. The molecule has 1 saturated carbocycles. The summed E-state index contributed by atoms with van der Waals surface area (Å²) < 4.78 is 37.6. The van der Waals surface area contributed by atoms with Crippen molar-refractivity contribution in [2.75, 3.05) is 27.3 Å². The third kappa shape index (κ3) is 2.71. The Bertz CT molecular complexity index is 513. The summed E-state index contributed by atoms with van der Waals surface area (Å²) >= 11 is 0. The third-order valence-electron chi connectivity index (χ3n) is 4.68. The number of piperidine rings is 1. The highest BCUT2D eigenvalue weighted by molar-refractivity contribution is 5.38. The quantitative estimate of drug-likeness (QED) is 0.851. The van der Waals surface area contributed by atoms with Gasteiger partial charge in [-0.1, -0.05) is 0 Å². The highest BCUT2D eigenvalue weighted by atomic mass is 19.3. The molecule has 5 heteroatoms. The Labute approximate surface area is 123 Å². The van der Waals surface area contributed by atoms with Crippen LogP contribution in [0.1, 0.15) is 24.8 Å². The third-order valence-corrected chi connectivity index (χ3v) is 4.68. The van der Waals surface area contributed by atoms with Crippen molar-refractivity contribution >= 4 is 0 Å². The molecule has 1 heterocycles. The van der Waals surface area contributed by atoms with E-state index in [4.69, 9.17) is 9.47 Å². The van der Waals surface area contributed by atoms with Crippen LogP contribution in [0.25, 0.3) is 0 Å². The minimum Gasteiger partial charge on any atom is -0.497 e. The minimum absolute atomic E-state index is 0.0535. The van der Waals surface area contributed by atoms with Gasteiger partial charge in [0.05, 0.1) is 19.6 Å². The Balaban J connectivity index is 1.72. The summed E-state index contributed by atoms with van der Waals surface area (Å²) in [5, 5.41) is 0. The van der Waals surface area contributed by atoms with Gasteiger partial charge < -0.3 is 9.47 Å². The maximum absolute atomic E-state index is 13.6. The summed E-state index contributed by atoms with van der Waals surface area (Å²) in [5.41, 5.74) is 0.279. The fourth-order valence-electron chi connectivity index (χ4n) is 3.40. The lowest BCUT2D eigenvalue weighted by molar-refractivity contribution is 0.0227. The zero-order valence-electron chi connectivity index (χ0n) is 12.5. The maximum atomic E-state index is 13.6. The highest BCUT2D eigenvalue weighted by Gasteiger charge is 2.71. The lowest BCUT2D eigenvalue weighted by Gasteiger charge is -2.33. The van der Waals surface area contributed by atoms with Gasteiger partial charge in [0.25, 0.3) is 5.92 Å². The van der Waals surface area contributed by atoms with Crippen molar-refractivity contribution in [2.45, 2.75) is 31.7 Å². The van der Waals surface area contributed by atoms with E-state index in [0.717, 1.165) is 30.0 Å². The molecule has 1 spiro atoms. The van der Waals surface area contributed by atoms with Gasteiger partial charge in [-0.3, -0.25) is 4.90 Å².